The smallest absolute Gasteiger partial charge is 0.263 e. The fourth-order valence-electron chi connectivity index (χ4n) is 2.67. The van der Waals surface area contributed by atoms with E-state index in [1.54, 1.807) is 16.9 Å². The Morgan fingerprint density at radius 2 is 1.94 bits per heavy atom. The second-order valence-corrected chi connectivity index (χ2v) is 9.14. The van der Waals surface area contributed by atoms with Crippen molar-refractivity contribution in [3.63, 3.8) is 0 Å². The summed E-state index contributed by atoms with van der Waals surface area (Å²) >= 11 is 6.85. The number of ether oxygens (including phenoxy) is 2. The number of sulfonamides is 1. The Hall–Kier alpha value is -3.15. The topological polar surface area (TPSA) is 108 Å². The van der Waals surface area contributed by atoms with E-state index in [1.165, 1.54) is 31.6 Å². The third-order valence-electron chi connectivity index (χ3n) is 4.12. The quantitative estimate of drug-likeness (QED) is 0.408. The van der Waals surface area contributed by atoms with Crippen molar-refractivity contribution in [3.05, 3.63) is 71.6 Å². The van der Waals surface area contributed by atoms with Crippen LogP contribution in [0.3, 0.4) is 0 Å². The lowest BCUT2D eigenvalue weighted by atomic mass is 10.2. The molecule has 0 atom stereocenters. The van der Waals surface area contributed by atoms with E-state index in [0.29, 0.717) is 23.2 Å². The van der Waals surface area contributed by atoms with Crippen LogP contribution in [-0.4, -0.2) is 34.7 Å². The van der Waals surface area contributed by atoms with Crippen LogP contribution in [0.25, 0.3) is 0 Å². The summed E-state index contributed by atoms with van der Waals surface area (Å²) in [6, 6.07) is 13.5. The maximum atomic E-state index is 12.5. The zero-order valence-corrected chi connectivity index (χ0v) is 18.5. The minimum atomic E-state index is -3.85. The van der Waals surface area contributed by atoms with Crippen molar-refractivity contribution in [1.29, 1.82) is 0 Å². The minimum Gasteiger partial charge on any atom is -0.493 e. The van der Waals surface area contributed by atoms with Crippen LogP contribution in [0.15, 0.2) is 66.0 Å². The number of anilines is 1. The molecule has 0 aliphatic heterocycles. The third-order valence-corrected chi connectivity index (χ3v) is 6.41. The van der Waals surface area contributed by atoms with Gasteiger partial charge in [0.05, 0.1) is 18.6 Å². The number of aromatic nitrogens is 4. The third kappa shape index (κ3) is 5.13. The van der Waals surface area contributed by atoms with Gasteiger partial charge in [-0.2, -0.15) is 4.37 Å². The molecule has 0 radical (unpaired) electrons. The first-order valence-corrected chi connectivity index (χ1v) is 11.5. The number of nitrogens with zero attached hydrogens (tertiary/aromatic N) is 4. The predicted octanol–water partition coefficient (Wildman–Crippen LogP) is 4.04. The normalized spacial score (nSPS) is 11.3. The number of rotatable bonds is 8. The van der Waals surface area contributed by atoms with Gasteiger partial charge in [0, 0.05) is 34.9 Å². The van der Waals surface area contributed by atoms with E-state index in [0.717, 1.165) is 17.1 Å². The highest BCUT2D eigenvalue weighted by Crippen LogP contribution is 2.33. The lowest BCUT2D eigenvalue weighted by Crippen LogP contribution is -2.12. The molecule has 2 aromatic carbocycles. The molecule has 160 valence electrons. The van der Waals surface area contributed by atoms with Crippen LogP contribution in [0.2, 0.25) is 5.02 Å². The number of hydrogen-bond acceptors (Lipinski definition) is 8. The fourth-order valence-corrected chi connectivity index (χ4v) is 4.47. The van der Waals surface area contributed by atoms with Crippen molar-refractivity contribution in [2.24, 2.45) is 0 Å². The highest BCUT2D eigenvalue weighted by molar-refractivity contribution is 7.93. The number of hydrogen-bond donors (Lipinski definition) is 1. The van der Waals surface area contributed by atoms with Crippen molar-refractivity contribution in [3.8, 4) is 17.4 Å². The fraction of sp³-hybridized carbons (Fsp3) is 0.105. The van der Waals surface area contributed by atoms with Crippen LogP contribution in [0, 0.1) is 0 Å². The molecule has 31 heavy (non-hydrogen) atoms. The Labute approximate surface area is 187 Å². The second-order valence-electron chi connectivity index (χ2n) is 6.24. The maximum Gasteiger partial charge on any atom is 0.263 e. The molecule has 4 rings (SSSR count). The van der Waals surface area contributed by atoms with E-state index in [2.05, 4.69) is 19.2 Å². The first kappa shape index (κ1) is 21.1. The summed E-state index contributed by atoms with van der Waals surface area (Å²) in [5, 5.41) is 5.22. The number of halogens is 1. The van der Waals surface area contributed by atoms with Crippen molar-refractivity contribution in [1.82, 2.24) is 19.1 Å². The van der Waals surface area contributed by atoms with Gasteiger partial charge in [-0.3, -0.25) is 9.40 Å². The standard InChI is InChI=1S/C19H16ClN5O4S2/c1-28-17-10-15(31(26,27)24-19-21-12-22-30-19)6-7-16(17)29-18-8-9-25(23-18)11-13-2-4-14(20)5-3-13/h2-10,12H,11H2,1H3,(H,21,22,24). The molecule has 9 nitrogen and oxygen atoms in total. The largest absolute Gasteiger partial charge is 0.493 e. The Morgan fingerprint density at radius 3 is 2.65 bits per heavy atom. The average Bonchev–Trinajstić information content (AvgIpc) is 3.41. The summed E-state index contributed by atoms with van der Waals surface area (Å²) in [6.07, 6.45) is 3.05. The number of methoxy groups -OCH3 is 1. The summed E-state index contributed by atoms with van der Waals surface area (Å²) in [6.45, 7) is 0.548. The van der Waals surface area contributed by atoms with E-state index in [1.807, 2.05) is 24.3 Å². The molecule has 0 saturated heterocycles. The molecule has 4 aromatic rings. The van der Waals surface area contributed by atoms with Crippen molar-refractivity contribution < 1.29 is 17.9 Å². The van der Waals surface area contributed by atoms with Crippen LogP contribution >= 0.6 is 23.1 Å². The van der Waals surface area contributed by atoms with Crippen LogP contribution in [0.5, 0.6) is 17.4 Å². The van der Waals surface area contributed by atoms with E-state index >= 15 is 0 Å². The van der Waals surface area contributed by atoms with Gasteiger partial charge < -0.3 is 9.47 Å². The van der Waals surface area contributed by atoms with Gasteiger partial charge in [-0.25, -0.2) is 13.4 Å². The summed E-state index contributed by atoms with van der Waals surface area (Å²) in [5.41, 5.74) is 1.04. The molecule has 0 aliphatic carbocycles. The van der Waals surface area contributed by atoms with E-state index in [-0.39, 0.29) is 15.8 Å². The Kier molecular flexibility index (Phi) is 6.07. The molecule has 0 spiro atoms. The Morgan fingerprint density at radius 1 is 1.13 bits per heavy atom. The minimum absolute atomic E-state index is 0.000155. The predicted molar refractivity (Wildman–Crippen MR) is 117 cm³/mol. The molecule has 12 heteroatoms. The van der Waals surface area contributed by atoms with Gasteiger partial charge >= 0.3 is 0 Å². The van der Waals surface area contributed by atoms with E-state index in [9.17, 15) is 8.42 Å². The molecular formula is C19H16ClN5O4S2. The van der Waals surface area contributed by atoms with Gasteiger partial charge in [-0.15, -0.1) is 5.10 Å². The van der Waals surface area contributed by atoms with Crippen molar-refractivity contribution in [2.45, 2.75) is 11.4 Å². The molecule has 2 heterocycles. The summed E-state index contributed by atoms with van der Waals surface area (Å²) in [4.78, 5) is 3.82. The molecule has 2 aromatic heterocycles. The van der Waals surface area contributed by atoms with Gasteiger partial charge in [-0.1, -0.05) is 23.7 Å². The molecule has 0 amide bonds. The number of nitrogens with one attached hydrogen (secondary N) is 1. The highest BCUT2D eigenvalue weighted by Gasteiger charge is 2.19. The lowest BCUT2D eigenvalue weighted by molar-refractivity contribution is 0.370. The SMILES string of the molecule is COc1cc(S(=O)(=O)Nc2ncns2)ccc1Oc1ccn(Cc2ccc(Cl)cc2)n1. The lowest BCUT2D eigenvalue weighted by Gasteiger charge is -2.11. The molecule has 0 bridgehead atoms. The molecule has 0 unspecified atom stereocenters. The monoisotopic (exact) mass is 477 g/mol. The Bertz CT molecular complexity index is 1280. The maximum absolute atomic E-state index is 12.5. The van der Waals surface area contributed by atoms with Gasteiger partial charge in [0.25, 0.3) is 10.0 Å². The van der Waals surface area contributed by atoms with Crippen LogP contribution < -0.4 is 14.2 Å². The second kappa shape index (κ2) is 8.92. The van der Waals surface area contributed by atoms with Crippen LogP contribution in [-0.2, 0) is 16.6 Å². The molecule has 0 saturated carbocycles. The van der Waals surface area contributed by atoms with Crippen molar-refractivity contribution >= 4 is 38.3 Å². The molecule has 1 N–H and O–H groups in total. The molecule has 0 aliphatic rings. The van der Waals surface area contributed by atoms with Gasteiger partial charge in [0.1, 0.15) is 6.33 Å². The highest BCUT2D eigenvalue weighted by atomic mass is 35.5. The average molecular weight is 478 g/mol. The van der Waals surface area contributed by atoms with Crippen LogP contribution in [0.4, 0.5) is 5.13 Å². The van der Waals surface area contributed by atoms with Crippen LogP contribution in [0.1, 0.15) is 5.56 Å². The molecule has 0 fully saturated rings. The molecular weight excluding hydrogens is 462 g/mol. The number of benzene rings is 2. The van der Waals surface area contributed by atoms with Gasteiger partial charge in [0.15, 0.2) is 11.5 Å². The zero-order chi connectivity index (χ0) is 21.8. The zero-order valence-electron chi connectivity index (χ0n) is 16.1. The van der Waals surface area contributed by atoms with Gasteiger partial charge in [0.2, 0.25) is 11.0 Å². The van der Waals surface area contributed by atoms with E-state index < -0.39 is 10.0 Å². The van der Waals surface area contributed by atoms with Crippen molar-refractivity contribution in [2.75, 3.05) is 11.8 Å². The Balaban J connectivity index is 1.50. The summed E-state index contributed by atoms with van der Waals surface area (Å²) < 4.78 is 44.0. The summed E-state index contributed by atoms with van der Waals surface area (Å²) in [7, 11) is -2.42. The first-order valence-electron chi connectivity index (χ1n) is 8.86. The van der Waals surface area contributed by atoms with E-state index in [4.69, 9.17) is 21.1 Å². The van der Waals surface area contributed by atoms with Gasteiger partial charge in [-0.05, 0) is 29.8 Å². The first-order chi connectivity index (χ1) is 14.9. The summed E-state index contributed by atoms with van der Waals surface area (Å²) in [5.74, 6) is 0.913.